The molecule has 0 unspecified atom stereocenters. The molecule has 4 rings (SSSR count). The van der Waals surface area contributed by atoms with Crippen LogP contribution in [-0.4, -0.2) is 20.9 Å². The molecular formula is C23H20N6O2. The van der Waals surface area contributed by atoms with Gasteiger partial charge in [-0.25, -0.2) is 4.98 Å². The predicted molar refractivity (Wildman–Crippen MR) is 119 cm³/mol. The molecule has 0 spiro atoms. The molecule has 1 amide bonds. The zero-order valence-corrected chi connectivity index (χ0v) is 16.7. The van der Waals surface area contributed by atoms with E-state index in [0.717, 1.165) is 16.9 Å². The van der Waals surface area contributed by atoms with Crippen molar-refractivity contribution in [1.82, 2.24) is 15.0 Å². The van der Waals surface area contributed by atoms with Crippen molar-refractivity contribution >= 4 is 23.4 Å². The molecule has 0 saturated carbocycles. The van der Waals surface area contributed by atoms with Crippen molar-refractivity contribution in [2.45, 2.75) is 6.92 Å². The van der Waals surface area contributed by atoms with E-state index in [1.165, 1.54) is 17.8 Å². The number of carbonyl (C=O) groups excluding carboxylic acids is 1. The monoisotopic (exact) mass is 412 g/mol. The molecule has 8 heteroatoms. The minimum absolute atomic E-state index is 0.140. The van der Waals surface area contributed by atoms with Gasteiger partial charge >= 0.3 is 0 Å². The summed E-state index contributed by atoms with van der Waals surface area (Å²) in [6.07, 6.45) is 1.47. The zero-order valence-electron chi connectivity index (χ0n) is 16.7. The fourth-order valence-corrected chi connectivity index (χ4v) is 2.90. The third-order valence-corrected chi connectivity index (χ3v) is 4.44. The van der Waals surface area contributed by atoms with Crippen LogP contribution in [-0.2, 0) is 0 Å². The second-order valence-electron chi connectivity index (χ2n) is 6.86. The van der Waals surface area contributed by atoms with Crippen LogP contribution in [0, 0.1) is 6.92 Å². The maximum absolute atomic E-state index is 11.3. The first-order valence-electron chi connectivity index (χ1n) is 9.49. The number of carbonyl (C=O) groups is 1. The number of hydrogen-bond acceptors (Lipinski definition) is 7. The molecule has 154 valence electrons. The predicted octanol–water partition coefficient (Wildman–Crippen LogP) is 4.06. The molecule has 0 atom stereocenters. The summed E-state index contributed by atoms with van der Waals surface area (Å²) >= 11 is 0. The van der Waals surface area contributed by atoms with Crippen LogP contribution in [0.2, 0.25) is 0 Å². The van der Waals surface area contributed by atoms with Gasteiger partial charge in [0.2, 0.25) is 5.95 Å². The number of ether oxygens (including phenoxy) is 1. The SMILES string of the molecule is Cc1ccc(-c2cc(Nc3ccc(Oc4ccnc(C(N)=O)c4)cc3)nc(N)n2)cc1. The largest absolute Gasteiger partial charge is 0.457 e. The number of pyridine rings is 1. The van der Waals surface area contributed by atoms with Crippen molar-refractivity contribution in [3.63, 3.8) is 0 Å². The lowest BCUT2D eigenvalue weighted by Crippen LogP contribution is -2.12. The minimum atomic E-state index is -0.612. The van der Waals surface area contributed by atoms with Gasteiger partial charge in [0.15, 0.2) is 0 Å². The van der Waals surface area contributed by atoms with E-state index in [1.807, 2.05) is 49.4 Å². The normalized spacial score (nSPS) is 10.5. The molecular weight excluding hydrogens is 392 g/mol. The van der Waals surface area contributed by atoms with Gasteiger partial charge in [-0.2, -0.15) is 4.98 Å². The summed E-state index contributed by atoms with van der Waals surface area (Å²) in [6, 6.07) is 20.3. The second kappa shape index (κ2) is 8.50. The van der Waals surface area contributed by atoms with Crippen LogP contribution < -0.4 is 21.5 Å². The fourth-order valence-electron chi connectivity index (χ4n) is 2.90. The van der Waals surface area contributed by atoms with Crippen LogP contribution in [0.25, 0.3) is 11.3 Å². The van der Waals surface area contributed by atoms with E-state index >= 15 is 0 Å². The number of nitrogens with one attached hydrogen (secondary N) is 1. The second-order valence-corrected chi connectivity index (χ2v) is 6.86. The number of rotatable bonds is 6. The third-order valence-electron chi connectivity index (χ3n) is 4.44. The van der Waals surface area contributed by atoms with Gasteiger partial charge in [0.05, 0.1) is 5.69 Å². The molecule has 0 bridgehead atoms. The van der Waals surface area contributed by atoms with E-state index in [9.17, 15) is 4.79 Å². The van der Waals surface area contributed by atoms with Gasteiger partial charge in [-0.05, 0) is 37.3 Å². The zero-order chi connectivity index (χ0) is 21.8. The van der Waals surface area contributed by atoms with Gasteiger partial charge in [-0.15, -0.1) is 0 Å². The Hall–Kier alpha value is -4.46. The fraction of sp³-hybridized carbons (Fsp3) is 0.0435. The summed E-state index contributed by atoms with van der Waals surface area (Å²) in [7, 11) is 0. The quantitative estimate of drug-likeness (QED) is 0.435. The van der Waals surface area contributed by atoms with Crippen LogP contribution in [0.1, 0.15) is 16.1 Å². The van der Waals surface area contributed by atoms with Gasteiger partial charge in [-0.3, -0.25) is 9.78 Å². The molecule has 0 aliphatic carbocycles. The lowest BCUT2D eigenvalue weighted by molar-refractivity contribution is 0.0995. The van der Waals surface area contributed by atoms with Gasteiger partial charge in [-0.1, -0.05) is 29.8 Å². The standard InChI is InChI=1S/C23H20N6O2/c1-14-2-4-15(5-3-14)19-13-21(29-23(25)28-19)27-16-6-8-17(9-7-16)31-18-10-11-26-20(12-18)22(24)30/h2-13H,1H3,(H2,24,30)(H3,25,27,28,29). The average molecular weight is 412 g/mol. The van der Waals surface area contributed by atoms with Crippen molar-refractivity contribution in [3.05, 3.63) is 84.2 Å². The molecule has 2 heterocycles. The van der Waals surface area contributed by atoms with Crippen molar-refractivity contribution in [3.8, 4) is 22.8 Å². The molecule has 0 saturated heterocycles. The summed E-state index contributed by atoms with van der Waals surface area (Å²) < 4.78 is 5.76. The molecule has 0 aliphatic rings. The summed E-state index contributed by atoms with van der Waals surface area (Å²) in [5.41, 5.74) is 15.0. The highest BCUT2D eigenvalue weighted by Crippen LogP contribution is 2.26. The van der Waals surface area contributed by atoms with Crippen LogP contribution in [0.15, 0.2) is 72.9 Å². The molecule has 4 aromatic rings. The minimum Gasteiger partial charge on any atom is -0.457 e. The van der Waals surface area contributed by atoms with Crippen LogP contribution in [0.3, 0.4) is 0 Å². The number of aromatic nitrogens is 3. The Morgan fingerprint density at radius 1 is 0.935 bits per heavy atom. The summed E-state index contributed by atoms with van der Waals surface area (Å²) in [6.45, 7) is 2.03. The summed E-state index contributed by atoms with van der Waals surface area (Å²) in [4.78, 5) is 23.7. The summed E-state index contributed by atoms with van der Waals surface area (Å²) in [5, 5.41) is 3.22. The number of benzene rings is 2. The van der Waals surface area contributed by atoms with E-state index in [4.69, 9.17) is 16.2 Å². The number of nitrogens with zero attached hydrogens (tertiary/aromatic N) is 3. The molecule has 0 radical (unpaired) electrons. The highest BCUT2D eigenvalue weighted by atomic mass is 16.5. The third kappa shape index (κ3) is 4.94. The lowest BCUT2D eigenvalue weighted by Gasteiger charge is -2.10. The average Bonchev–Trinajstić information content (AvgIpc) is 2.75. The molecule has 31 heavy (non-hydrogen) atoms. The topological polar surface area (TPSA) is 129 Å². The van der Waals surface area contributed by atoms with Gasteiger partial charge in [0.1, 0.15) is 23.0 Å². The maximum atomic E-state index is 11.3. The Morgan fingerprint density at radius 3 is 2.39 bits per heavy atom. The number of nitrogens with two attached hydrogens (primary N) is 2. The number of primary amides is 1. The Bertz CT molecular complexity index is 1220. The number of nitrogen functional groups attached to an aromatic ring is 1. The molecule has 2 aromatic heterocycles. The van der Waals surface area contributed by atoms with Gasteiger partial charge in [0, 0.05) is 29.6 Å². The van der Waals surface area contributed by atoms with Crippen molar-refractivity contribution < 1.29 is 9.53 Å². The Morgan fingerprint density at radius 2 is 1.68 bits per heavy atom. The first kappa shape index (κ1) is 19.8. The number of aryl methyl sites for hydroxylation is 1. The number of amides is 1. The molecule has 2 aromatic carbocycles. The van der Waals surface area contributed by atoms with Crippen LogP contribution in [0.4, 0.5) is 17.5 Å². The van der Waals surface area contributed by atoms with Gasteiger partial charge < -0.3 is 21.5 Å². The molecule has 5 N–H and O–H groups in total. The van der Waals surface area contributed by atoms with E-state index in [-0.39, 0.29) is 11.6 Å². The van der Waals surface area contributed by atoms with Crippen LogP contribution >= 0.6 is 0 Å². The summed E-state index contributed by atoms with van der Waals surface area (Å²) in [5.74, 6) is 1.21. The maximum Gasteiger partial charge on any atom is 0.267 e. The smallest absolute Gasteiger partial charge is 0.267 e. The van der Waals surface area contributed by atoms with E-state index < -0.39 is 5.91 Å². The molecule has 8 nitrogen and oxygen atoms in total. The van der Waals surface area contributed by atoms with E-state index in [0.29, 0.717) is 17.3 Å². The van der Waals surface area contributed by atoms with E-state index in [2.05, 4.69) is 20.3 Å². The highest BCUT2D eigenvalue weighted by Gasteiger charge is 2.07. The number of hydrogen-bond donors (Lipinski definition) is 3. The Balaban J connectivity index is 1.49. The van der Waals surface area contributed by atoms with E-state index in [1.54, 1.807) is 18.2 Å². The first-order valence-corrected chi connectivity index (χ1v) is 9.49. The van der Waals surface area contributed by atoms with Gasteiger partial charge in [0.25, 0.3) is 5.91 Å². The van der Waals surface area contributed by atoms with Crippen molar-refractivity contribution in [1.29, 1.82) is 0 Å². The number of anilines is 3. The highest BCUT2D eigenvalue weighted by molar-refractivity contribution is 5.91. The van der Waals surface area contributed by atoms with Crippen molar-refractivity contribution in [2.75, 3.05) is 11.1 Å². The Kier molecular flexibility index (Phi) is 5.44. The lowest BCUT2D eigenvalue weighted by atomic mass is 10.1. The van der Waals surface area contributed by atoms with Crippen molar-refractivity contribution in [2.24, 2.45) is 5.73 Å². The first-order chi connectivity index (χ1) is 15.0. The van der Waals surface area contributed by atoms with Crippen LogP contribution in [0.5, 0.6) is 11.5 Å². The molecule has 0 aliphatic heterocycles. The Labute approximate surface area is 178 Å². The molecule has 0 fully saturated rings.